The summed E-state index contributed by atoms with van der Waals surface area (Å²) in [5.41, 5.74) is 1.21. The molecule has 0 atom stereocenters. The van der Waals surface area contributed by atoms with E-state index in [1.54, 1.807) is 35.4 Å². The average molecular weight is 410 g/mol. The second kappa shape index (κ2) is 7.16. The number of hydrogen-bond acceptors (Lipinski definition) is 4. The molecular formula is C20H21F3N2O2S. The number of fused-ring (bicyclic) bond motifs is 1. The normalized spacial score (nSPS) is 14.5. The summed E-state index contributed by atoms with van der Waals surface area (Å²) >= 11 is 0. The summed E-state index contributed by atoms with van der Waals surface area (Å²) in [7, 11) is -3.41. The van der Waals surface area contributed by atoms with Gasteiger partial charge < -0.3 is 9.80 Å². The van der Waals surface area contributed by atoms with Gasteiger partial charge in [-0.1, -0.05) is 12.1 Å². The number of benzene rings is 2. The Morgan fingerprint density at radius 2 is 1.71 bits per heavy atom. The molecule has 2 aromatic carbocycles. The molecule has 0 radical (unpaired) electrons. The highest BCUT2D eigenvalue weighted by Gasteiger charge is 2.30. The van der Waals surface area contributed by atoms with E-state index in [1.165, 1.54) is 6.07 Å². The molecule has 150 valence electrons. The highest BCUT2D eigenvalue weighted by atomic mass is 32.2. The van der Waals surface area contributed by atoms with Crippen molar-refractivity contribution in [3.63, 3.8) is 0 Å². The van der Waals surface area contributed by atoms with Gasteiger partial charge in [-0.3, -0.25) is 0 Å². The fourth-order valence-electron chi connectivity index (χ4n) is 3.13. The Kier molecular flexibility index (Phi) is 5.18. The predicted molar refractivity (Wildman–Crippen MR) is 104 cm³/mol. The number of sulfone groups is 1. The summed E-state index contributed by atoms with van der Waals surface area (Å²) in [6, 6.07) is 10.1. The van der Waals surface area contributed by atoms with Gasteiger partial charge in [0.05, 0.1) is 21.8 Å². The fourth-order valence-corrected chi connectivity index (χ4v) is 3.77. The van der Waals surface area contributed by atoms with Gasteiger partial charge in [-0.2, -0.15) is 13.2 Å². The number of alkyl halides is 3. The van der Waals surface area contributed by atoms with Crippen molar-refractivity contribution in [1.82, 2.24) is 0 Å². The molecular weight excluding hydrogens is 389 g/mol. The van der Waals surface area contributed by atoms with Crippen molar-refractivity contribution in [1.29, 1.82) is 0 Å². The molecule has 0 N–H and O–H groups in total. The molecule has 0 saturated heterocycles. The van der Waals surface area contributed by atoms with Crippen LogP contribution in [0.2, 0.25) is 0 Å². The van der Waals surface area contributed by atoms with Gasteiger partial charge in [0.2, 0.25) is 0 Å². The lowest BCUT2D eigenvalue weighted by Gasteiger charge is -2.36. The first-order valence-corrected chi connectivity index (χ1v) is 10.6. The van der Waals surface area contributed by atoms with Crippen LogP contribution in [0.3, 0.4) is 0 Å². The smallest absolute Gasteiger partial charge is 0.342 e. The van der Waals surface area contributed by atoms with Gasteiger partial charge in [-0.05, 0) is 49.7 Å². The van der Waals surface area contributed by atoms with Crippen molar-refractivity contribution in [2.24, 2.45) is 0 Å². The Bertz CT molecular complexity index is 1010. The lowest BCUT2D eigenvalue weighted by atomic mass is 10.1. The van der Waals surface area contributed by atoms with Crippen molar-refractivity contribution >= 4 is 21.2 Å². The van der Waals surface area contributed by atoms with Crippen LogP contribution in [0.15, 0.2) is 59.8 Å². The summed E-state index contributed by atoms with van der Waals surface area (Å²) in [5, 5.41) is 0. The second-order valence-corrected chi connectivity index (χ2v) is 9.06. The zero-order valence-electron chi connectivity index (χ0n) is 15.7. The van der Waals surface area contributed by atoms with Crippen LogP contribution < -0.4 is 9.80 Å². The Morgan fingerprint density at radius 1 is 1.00 bits per heavy atom. The molecule has 0 spiro atoms. The van der Waals surface area contributed by atoms with Crippen LogP contribution in [-0.4, -0.2) is 20.7 Å². The molecule has 3 rings (SSSR count). The van der Waals surface area contributed by atoms with E-state index in [0.29, 0.717) is 11.3 Å². The summed E-state index contributed by atoms with van der Waals surface area (Å²) in [6.45, 7) is 4.19. The average Bonchev–Trinajstić information content (AvgIpc) is 2.60. The fraction of sp³-hybridized carbons (Fsp3) is 0.300. The van der Waals surface area contributed by atoms with Gasteiger partial charge in [0.15, 0.2) is 9.84 Å². The number of rotatable bonds is 4. The molecule has 4 nitrogen and oxygen atoms in total. The van der Waals surface area contributed by atoms with E-state index in [1.807, 2.05) is 24.9 Å². The van der Waals surface area contributed by atoms with Gasteiger partial charge in [-0.15, -0.1) is 0 Å². The molecule has 0 fully saturated rings. The highest BCUT2D eigenvalue weighted by molar-refractivity contribution is 7.90. The summed E-state index contributed by atoms with van der Waals surface area (Å²) in [5.74, 6) is 0. The van der Waals surface area contributed by atoms with E-state index in [0.717, 1.165) is 24.1 Å². The van der Waals surface area contributed by atoms with E-state index in [-0.39, 0.29) is 17.5 Å². The topological polar surface area (TPSA) is 40.6 Å². The Balaban J connectivity index is 2.03. The van der Waals surface area contributed by atoms with Crippen molar-refractivity contribution in [2.75, 3.05) is 16.1 Å². The lowest BCUT2D eigenvalue weighted by Crippen LogP contribution is -2.32. The minimum Gasteiger partial charge on any atom is -0.342 e. The predicted octanol–water partition coefficient (Wildman–Crippen LogP) is 4.82. The van der Waals surface area contributed by atoms with Crippen LogP contribution in [0.25, 0.3) is 0 Å². The van der Waals surface area contributed by atoms with Gasteiger partial charge in [0, 0.05) is 31.2 Å². The molecule has 1 aliphatic rings. The van der Waals surface area contributed by atoms with Gasteiger partial charge in [0.25, 0.3) is 0 Å². The minimum atomic E-state index is -4.41. The first-order chi connectivity index (χ1) is 13.0. The van der Waals surface area contributed by atoms with E-state index >= 15 is 0 Å². The third-order valence-corrected chi connectivity index (χ3v) is 5.64. The van der Waals surface area contributed by atoms with E-state index in [4.69, 9.17) is 0 Å². The lowest BCUT2D eigenvalue weighted by molar-refractivity contribution is -0.137. The minimum absolute atomic E-state index is 0.134. The summed E-state index contributed by atoms with van der Waals surface area (Å²) in [6.07, 6.45) is 0.323. The molecule has 0 aromatic heterocycles. The molecule has 2 aromatic rings. The molecule has 28 heavy (non-hydrogen) atoms. The van der Waals surface area contributed by atoms with E-state index in [2.05, 4.69) is 0 Å². The van der Waals surface area contributed by atoms with Crippen LogP contribution >= 0.6 is 0 Å². The third kappa shape index (κ3) is 4.16. The van der Waals surface area contributed by atoms with Crippen molar-refractivity contribution in [3.05, 3.63) is 66.0 Å². The Morgan fingerprint density at radius 3 is 2.32 bits per heavy atom. The number of halogens is 3. The number of nitrogens with zero attached hydrogens (tertiary/aromatic N) is 2. The molecule has 0 unspecified atom stereocenters. The third-order valence-electron chi connectivity index (χ3n) is 4.53. The molecule has 0 amide bonds. The number of hydrogen-bond donors (Lipinski definition) is 0. The van der Waals surface area contributed by atoms with Crippen LogP contribution in [0, 0.1) is 0 Å². The first-order valence-electron chi connectivity index (χ1n) is 8.70. The first kappa shape index (κ1) is 20.3. The van der Waals surface area contributed by atoms with E-state index in [9.17, 15) is 21.6 Å². The number of anilines is 2. The second-order valence-electron chi connectivity index (χ2n) is 7.05. The largest absolute Gasteiger partial charge is 0.416 e. The van der Waals surface area contributed by atoms with Crippen molar-refractivity contribution in [2.45, 2.75) is 37.5 Å². The maximum Gasteiger partial charge on any atom is 0.416 e. The molecule has 1 aliphatic heterocycles. The molecule has 0 saturated carbocycles. The molecule has 8 heteroatoms. The zero-order valence-corrected chi connectivity index (χ0v) is 16.6. The van der Waals surface area contributed by atoms with Crippen molar-refractivity contribution in [3.8, 4) is 0 Å². The monoisotopic (exact) mass is 410 g/mol. The maximum absolute atomic E-state index is 13.0. The Hall–Kier alpha value is -2.48. The quantitative estimate of drug-likeness (QED) is 0.725. The van der Waals surface area contributed by atoms with Crippen LogP contribution in [0.4, 0.5) is 24.5 Å². The SMILES string of the molecule is CC(C)N1C=CN(Cc2cccc(C(F)(F)F)c2)c2cc(S(C)(=O)=O)ccc21. The van der Waals surface area contributed by atoms with Crippen molar-refractivity contribution < 1.29 is 21.6 Å². The highest BCUT2D eigenvalue weighted by Crippen LogP contribution is 2.38. The van der Waals surface area contributed by atoms with Crippen LogP contribution in [0.1, 0.15) is 25.0 Å². The van der Waals surface area contributed by atoms with Crippen LogP contribution in [-0.2, 0) is 22.6 Å². The van der Waals surface area contributed by atoms with Crippen LogP contribution in [0.5, 0.6) is 0 Å². The summed E-state index contributed by atoms with van der Waals surface area (Å²) < 4.78 is 63.0. The molecule has 0 aliphatic carbocycles. The van der Waals surface area contributed by atoms with Gasteiger partial charge in [-0.25, -0.2) is 8.42 Å². The zero-order chi connectivity index (χ0) is 20.7. The van der Waals surface area contributed by atoms with Gasteiger partial charge in [0.1, 0.15) is 0 Å². The van der Waals surface area contributed by atoms with E-state index < -0.39 is 21.6 Å². The van der Waals surface area contributed by atoms with Gasteiger partial charge >= 0.3 is 6.18 Å². The molecule has 1 heterocycles. The molecule has 0 bridgehead atoms. The summed E-state index contributed by atoms with van der Waals surface area (Å²) in [4.78, 5) is 3.92. The Labute approximate surface area is 162 Å². The standard InChI is InChI=1S/C20H21F3N2O2S/c1-14(2)25-10-9-24(13-15-5-4-6-16(11-15)20(21,22)23)19-12-17(28(3,26)27)7-8-18(19)25/h4-12,14H,13H2,1-3H3. The maximum atomic E-state index is 13.0.